The molecule has 0 saturated heterocycles. The van der Waals surface area contributed by atoms with Crippen molar-refractivity contribution in [2.45, 2.75) is 65.2 Å². The van der Waals surface area contributed by atoms with Crippen LogP contribution in [0.15, 0.2) is 22.2 Å². The first-order valence-corrected chi connectivity index (χ1v) is 9.95. The fourth-order valence-corrected chi connectivity index (χ4v) is 5.19. The van der Waals surface area contributed by atoms with Crippen LogP contribution in [0.1, 0.15) is 64.2 Å². The van der Waals surface area contributed by atoms with E-state index in [2.05, 4.69) is 52.7 Å². The number of carbonyl (C=O) groups is 1. The first-order valence-electron chi connectivity index (χ1n) is 8.24. The van der Waals surface area contributed by atoms with Gasteiger partial charge in [0.2, 0.25) is 0 Å². The van der Waals surface area contributed by atoms with Crippen LogP contribution in [0.2, 0.25) is 0 Å². The zero-order chi connectivity index (χ0) is 18.3. The van der Waals surface area contributed by atoms with Crippen LogP contribution < -0.4 is 4.46 Å². The summed E-state index contributed by atoms with van der Waals surface area (Å²) in [6, 6.07) is 4.52. The van der Waals surface area contributed by atoms with Gasteiger partial charge in [0, 0.05) is 0 Å². The first-order chi connectivity index (χ1) is 11.0. The second-order valence-corrected chi connectivity index (χ2v) is 10.1. The summed E-state index contributed by atoms with van der Waals surface area (Å²) in [6.07, 6.45) is 7.75. The van der Waals surface area contributed by atoms with Gasteiger partial charge in [0.25, 0.3) is 0 Å². The van der Waals surface area contributed by atoms with Gasteiger partial charge in [0.1, 0.15) is 0 Å². The molecule has 1 N–H and O–H groups in total. The van der Waals surface area contributed by atoms with E-state index in [-0.39, 0.29) is 25.8 Å². The maximum absolute atomic E-state index is 11.6. The van der Waals surface area contributed by atoms with Crippen molar-refractivity contribution in [2.24, 2.45) is 0 Å². The molecule has 0 amide bonds. The Kier molecular flexibility index (Phi) is 5.05. The van der Waals surface area contributed by atoms with Gasteiger partial charge in [-0.15, -0.1) is 0 Å². The Labute approximate surface area is 151 Å². The third-order valence-corrected chi connectivity index (χ3v) is 7.93. The van der Waals surface area contributed by atoms with Gasteiger partial charge >= 0.3 is 152 Å². The summed E-state index contributed by atoms with van der Waals surface area (Å²) < 4.78 is 1.50. The van der Waals surface area contributed by atoms with E-state index in [4.69, 9.17) is 6.42 Å². The molecule has 3 heteroatoms. The monoisotopic (exact) mass is 390 g/mol. The molecule has 0 fully saturated rings. The summed E-state index contributed by atoms with van der Waals surface area (Å²) in [5, 5.41) is 9.51. The molecule has 0 aromatic heterocycles. The van der Waals surface area contributed by atoms with Crippen molar-refractivity contribution in [3.8, 4) is 12.3 Å². The van der Waals surface area contributed by atoms with E-state index >= 15 is 0 Å². The van der Waals surface area contributed by atoms with Crippen molar-refractivity contribution in [1.82, 2.24) is 0 Å². The average Bonchev–Trinajstić information content (AvgIpc) is 2.49. The number of rotatable bonds is 3. The molecule has 0 heterocycles. The number of benzene rings is 1. The molecule has 0 unspecified atom stereocenters. The average molecular weight is 389 g/mol. The zero-order valence-corrected chi connectivity index (χ0v) is 17.1. The second-order valence-electron chi connectivity index (χ2n) is 7.94. The van der Waals surface area contributed by atoms with E-state index in [1.54, 1.807) is 6.92 Å². The molecule has 2 nitrogen and oxygen atoms in total. The third-order valence-electron chi connectivity index (χ3n) is 5.11. The predicted octanol–water partition coefficient (Wildman–Crippen LogP) is 3.67. The molecule has 0 aliphatic heterocycles. The van der Waals surface area contributed by atoms with Crippen LogP contribution in [-0.4, -0.2) is 26.0 Å². The van der Waals surface area contributed by atoms with Crippen LogP contribution in [0.3, 0.4) is 0 Å². The zero-order valence-electron chi connectivity index (χ0n) is 15.4. The van der Waals surface area contributed by atoms with E-state index in [1.807, 2.05) is 0 Å². The van der Waals surface area contributed by atoms with Gasteiger partial charge in [-0.05, 0) is 0 Å². The number of carboxylic acids is 1. The molecular weight excluding hydrogens is 363 g/mol. The number of hydrogen-bond donors (Lipinski definition) is 1. The van der Waals surface area contributed by atoms with Gasteiger partial charge < -0.3 is 0 Å². The normalized spacial score (nSPS) is 19.0. The van der Waals surface area contributed by atoms with Crippen LogP contribution in [-0.2, 0) is 15.6 Å². The second kappa shape index (κ2) is 6.43. The number of aliphatic carboxylic acids is 1. The molecule has 0 spiro atoms. The summed E-state index contributed by atoms with van der Waals surface area (Å²) >= 11 is -0.293. The summed E-state index contributed by atoms with van der Waals surface area (Å²) in [6.45, 7) is 13.0. The van der Waals surface area contributed by atoms with Crippen molar-refractivity contribution in [3.05, 3.63) is 38.9 Å². The SMILES string of the molecule is C#CC(C)=C([Se]c1cc2c(cc1C)C(C)(C)CCC2(C)C)C(=O)O. The molecule has 0 radical (unpaired) electrons. The molecule has 24 heavy (non-hydrogen) atoms. The molecule has 0 saturated carbocycles. The standard InChI is InChI=1S/C21H26O2Se/c1-8-13(2)18(19(22)23)24-17-12-16-15(11-14(17)3)20(4,5)9-10-21(16,6)7/h1,11-12H,9-10H2,2-7H3,(H,22,23). The van der Waals surface area contributed by atoms with Crippen molar-refractivity contribution in [3.63, 3.8) is 0 Å². The topological polar surface area (TPSA) is 37.3 Å². The van der Waals surface area contributed by atoms with Gasteiger partial charge in [-0.3, -0.25) is 0 Å². The van der Waals surface area contributed by atoms with E-state index in [9.17, 15) is 9.90 Å². The number of hydrogen-bond acceptors (Lipinski definition) is 1. The van der Waals surface area contributed by atoms with Crippen LogP contribution >= 0.6 is 0 Å². The van der Waals surface area contributed by atoms with Crippen LogP contribution in [0.25, 0.3) is 0 Å². The number of allylic oxidation sites excluding steroid dienone is 1. The van der Waals surface area contributed by atoms with E-state index in [0.29, 0.717) is 10.0 Å². The Bertz CT molecular complexity index is 761. The number of terminal acetylenes is 1. The van der Waals surface area contributed by atoms with E-state index < -0.39 is 5.97 Å². The van der Waals surface area contributed by atoms with Gasteiger partial charge in [-0.25, -0.2) is 0 Å². The summed E-state index contributed by atoms with van der Waals surface area (Å²) in [5.74, 6) is 1.59. The molecule has 0 atom stereocenters. The molecule has 1 aliphatic rings. The van der Waals surface area contributed by atoms with Crippen molar-refractivity contribution >= 4 is 25.4 Å². The summed E-state index contributed by atoms with van der Waals surface area (Å²) in [4.78, 5) is 11.6. The molecule has 128 valence electrons. The third kappa shape index (κ3) is 3.46. The molecule has 2 rings (SSSR count). The van der Waals surface area contributed by atoms with Gasteiger partial charge in [0.15, 0.2) is 0 Å². The molecule has 1 aliphatic carbocycles. The number of fused-ring (bicyclic) bond motifs is 1. The Morgan fingerprint density at radius 1 is 1.17 bits per heavy atom. The predicted molar refractivity (Wildman–Crippen MR) is 101 cm³/mol. The quantitative estimate of drug-likeness (QED) is 0.487. The Balaban J connectivity index is 2.60. The van der Waals surface area contributed by atoms with Crippen molar-refractivity contribution < 1.29 is 9.90 Å². The summed E-state index contributed by atoms with van der Waals surface area (Å²) in [5.41, 5.74) is 4.76. The molecule has 1 aromatic rings. The Morgan fingerprint density at radius 3 is 2.12 bits per heavy atom. The fraction of sp³-hybridized carbons (Fsp3) is 0.476. The fourth-order valence-electron chi connectivity index (χ4n) is 3.27. The van der Waals surface area contributed by atoms with Crippen molar-refractivity contribution in [2.75, 3.05) is 0 Å². The van der Waals surface area contributed by atoms with E-state index in [1.165, 1.54) is 23.1 Å². The number of aryl methyl sites for hydroxylation is 1. The van der Waals surface area contributed by atoms with Gasteiger partial charge in [-0.1, -0.05) is 0 Å². The minimum absolute atomic E-state index is 0.123. The minimum atomic E-state index is -0.901. The molecule has 1 aromatic carbocycles. The van der Waals surface area contributed by atoms with E-state index in [0.717, 1.165) is 10.9 Å². The van der Waals surface area contributed by atoms with Crippen LogP contribution in [0, 0.1) is 19.3 Å². The van der Waals surface area contributed by atoms with Gasteiger partial charge in [0.05, 0.1) is 0 Å². The maximum atomic E-state index is 11.6. The summed E-state index contributed by atoms with van der Waals surface area (Å²) in [7, 11) is 0. The van der Waals surface area contributed by atoms with Crippen LogP contribution in [0.4, 0.5) is 0 Å². The Hall–Kier alpha value is -1.49. The first kappa shape index (κ1) is 18.8. The van der Waals surface area contributed by atoms with Gasteiger partial charge in [-0.2, -0.15) is 0 Å². The van der Waals surface area contributed by atoms with Crippen molar-refractivity contribution in [1.29, 1.82) is 0 Å². The molecule has 0 bridgehead atoms. The molecular formula is C21H26O2Se. The number of carboxylic acid groups (broad SMARTS) is 1. The Morgan fingerprint density at radius 2 is 1.67 bits per heavy atom. The van der Waals surface area contributed by atoms with Crippen LogP contribution in [0.5, 0.6) is 0 Å².